The second-order valence-corrected chi connectivity index (χ2v) is 6.97. The van der Waals surface area contributed by atoms with Crippen LogP contribution in [0.5, 0.6) is 0 Å². The zero-order chi connectivity index (χ0) is 14.8. The maximum absolute atomic E-state index is 11.7. The highest BCUT2D eigenvalue weighted by atomic mass is 79.9. The quantitative estimate of drug-likeness (QED) is 0.879. The predicted molar refractivity (Wildman–Crippen MR) is 88.6 cm³/mol. The molecule has 0 spiro atoms. The van der Waals surface area contributed by atoms with E-state index in [1.807, 2.05) is 18.2 Å². The number of anilines is 1. The summed E-state index contributed by atoms with van der Waals surface area (Å²) in [7, 11) is 0. The van der Waals surface area contributed by atoms with Crippen LogP contribution >= 0.6 is 15.9 Å². The fourth-order valence-electron chi connectivity index (χ4n) is 3.64. The highest BCUT2D eigenvalue weighted by Crippen LogP contribution is 2.31. The van der Waals surface area contributed by atoms with Crippen LogP contribution in [0.15, 0.2) is 22.7 Å². The largest absolute Gasteiger partial charge is 0.371 e. The first-order valence-corrected chi connectivity index (χ1v) is 8.52. The van der Waals surface area contributed by atoms with Gasteiger partial charge in [-0.15, -0.1) is 0 Å². The number of piperidine rings is 1. The van der Waals surface area contributed by atoms with Crippen molar-refractivity contribution in [3.8, 4) is 0 Å². The summed E-state index contributed by atoms with van der Waals surface area (Å²) in [5, 5.41) is 3.62. The second-order valence-electron chi connectivity index (χ2n) is 6.05. The topological polar surface area (TPSA) is 58.4 Å². The van der Waals surface area contributed by atoms with Crippen LogP contribution in [-0.4, -0.2) is 31.6 Å². The standard InChI is InChI=1S/C16H22BrN3O/c17-12-3-4-15(13(10-12)16(18)21)20-8-5-11(6-9-20)14-2-1-7-19-14/h3-4,10-11,14,19H,1-2,5-9H2,(H2,18,21). The van der Waals surface area contributed by atoms with E-state index in [2.05, 4.69) is 26.1 Å². The number of primary amides is 1. The number of hydrogen-bond acceptors (Lipinski definition) is 3. The third-order valence-corrected chi connectivity index (χ3v) is 5.27. The van der Waals surface area contributed by atoms with Crippen molar-refractivity contribution in [3.05, 3.63) is 28.2 Å². The molecule has 3 N–H and O–H groups in total. The highest BCUT2D eigenvalue weighted by Gasteiger charge is 2.29. The summed E-state index contributed by atoms with van der Waals surface area (Å²) in [4.78, 5) is 14.0. The number of nitrogens with one attached hydrogen (secondary N) is 1. The Labute approximate surface area is 134 Å². The van der Waals surface area contributed by atoms with Crippen LogP contribution in [0.25, 0.3) is 0 Å². The lowest BCUT2D eigenvalue weighted by molar-refractivity contribution is 0.100. The number of amides is 1. The van der Waals surface area contributed by atoms with Crippen molar-refractivity contribution in [2.75, 3.05) is 24.5 Å². The highest BCUT2D eigenvalue weighted by molar-refractivity contribution is 9.10. The monoisotopic (exact) mass is 351 g/mol. The minimum absolute atomic E-state index is 0.356. The van der Waals surface area contributed by atoms with Crippen molar-refractivity contribution in [2.45, 2.75) is 31.7 Å². The Morgan fingerprint density at radius 3 is 2.67 bits per heavy atom. The fraction of sp³-hybridized carbons (Fsp3) is 0.562. The minimum atomic E-state index is -0.356. The summed E-state index contributed by atoms with van der Waals surface area (Å²) in [5.41, 5.74) is 7.11. The molecular formula is C16H22BrN3O. The first kappa shape index (κ1) is 14.9. The van der Waals surface area contributed by atoms with Crippen LogP contribution in [0, 0.1) is 5.92 Å². The molecule has 2 saturated heterocycles. The van der Waals surface area contributed by atoms with E-state index in [-0.39, 0.29) is 5.91 Å². The summed E-state index contributed by atoms with van der Waals surface area (Å²) in [5.74, 6) is 0.419. The van der Waals surface area contributed by atoms with Crippen LogP contribution in [-0.2, 0) is 0 Å². The van der Waals surface area contributed by atoms with Gasteiger partial charge in [-0.1, -0.05) is 15.9 Å². The molecule has 2 aliphatic rings. The maximum Gasteiger partial charge on any atom is 0.250 e. The van der Waals surface area contributed by atoms with Gasteiger partial charge < -0.3 is 16.0 Å². The molecule has 114 valence electrons. The zero-order valence-corrected chi connectivity index (χ0v) is 13.7. The second kappa shape index (κ2) is 6.36. The van der Waals surface area contributed by atoms with Gasteiger partial charge in [0.25, 0.3) is 5.91 Å². The summed E-state index contributed by atoms with van der Waals surface area (Å²) in [6, 6.07) is 6.50. The Morgan fingerprint density at radius 2 is 2.05 bits per heavy atom. The normalized spacial score (nSPS) is 23.5. The number of nitrogens with zero attached hydrogens (tertiary/aromatic N) is 1. The van der Waals surface area contributed by atoms with Gasteiger partial charge in [-0.2, -0.15) is 0 Å². The Bertz CT molecular complexity index is 520. The van der Waals surface area contributed by atoms with E-state index in [1.165, 1.54) is 32.2 Å². The fourth-order valence-corrected chi connectivity index (χ4v) is 4.00. The Morgan fingerprint density at radius 1 is 1.29 bits per heavy atom. The third-order valence-electron chi connectivity index (χ3n) is 4.77. The van der Waals surface area contributed by atoms with Crippen LogP contribution in [0.4, 0.5) is 5.69 Å². The molecule has 0 radical (unpaired) electrons. The van der Waals surface area contributed by atoms with Crippen molar-refractivity contribution in [1.82, 2.24) is 5.32 Å². The van der Waals surface area contributed by atoms with Gasteiger partial charge in [-0.3, -0.25) is 4.79 Å². The maximum atomic E-state index is 11.7. The Hall–Kier alpha value is -1.07. The summed E-state index contributed by atoms with van der Waals surface area (Å²) >= 11 is 3.41. The van der Waals surface area contributed by atoms with Crippen molar-refractivity contribution < 1.29 is 4.79 Å². The third kappa shape index (κ3) is 3.24. The molecule has 1 amide bonds. The van der Waals surface area contributed by atoms with E-state index in [4.69, 9.17) is 5.73 Å². The average Bonchev–Trinajstić information content (AvgIpc) is 3.01. The summed E-state index contributed by atoms with van der Waals surface area (Å²) in [6.07, 6.45) is 5.00. The summed E-state index contributed by atoms with van der Waals surface area (Å²) < 4.78 is 0.894. The summed E-state index contributed by atoms with van der Waals surface area (Å²) in [6.45, 7) is 3.18. The van der Waals surface area contributed by atoms with E-state index < -0.39 is 0 Å². The number of nitrogens with two attached hydrogens (primary N) is 1. The van der Waals surface area contributed by atoms with E-state index in [0.29, 0.717) is 11.6 Å². The smallest absolute Gasteiger partial charge is 0.250 e. The molecule has 0 saturated carbocycles. The average molecular weight is 352 g/mol. The van der Waals surface area contributed by atoms with Crippen LogP contribution < -0.4 is 16.0 Å². The molecule has 1 atom stereocenters. The van der Waals surface area contributed by atoms with Crippen LogP contribution in [0.3, 0.4) is 0 Å². The first-order valence-electron chi connectivity index (χ1n) is 7.73. The number of benzene rings is 1. The number of carbonyl (C=O) groups is 1. The van der Waals surface area contributed by atoms with E-state index >= 15 is 0 Å². The van der Waals surface area contributed by atoms with Gasteiger partial charge >= 0.3 is 0 Å². The number of carbonyl (C=O) groups excluding carboxylic acids is 1. The molecule has 1 aromatic carbocycles. The molecule has 1 aromatic rings. The van der Waals surface area contributed by atoms with Gasteiger partial charge in [0, 0.05) is 29.3 Å². The molecule has 0 aromatic heterocycles. The molecule has 1 unspecified atom stereocenters. The molecule has 2 heterocycles. The molecule has 2 aliphatic heterocycles. The van der Waals surface area contributed by atoms with Gasteiger partial charge in [-0.05, 0) is 56.3 Å². The SMILES string of the molecule is NC(=O)c1cc(Br)ccc1N1CCC(C2CCCN2)CC1. The van der Waals surface area contributed by atoms with Gasteiger partial charge in [-0.25, -0.2) is 0 Å². The molecule has 4 nitrogen and oxygen atoms in total. The lowest BCUT2D eigenvalue weighted by atomic mass is 9.88. The van der Waals surface area contributed by atoms with Crippen molar-refractivity contribution in [2.24, 2.45) is 11.7 Å². The van der Waals surface area contributed by atoms with Crippen molar-refractivity contribution in [3.63, 3.8) is 0 Å². The van der Waals surface area contributed by atoms with Crippen molar-refractivity contribution in [1.29, 1.82) is 0 Å². The zero-order valence-electron chi connectivity index (χ0n) is 12.1. The van der Waals surface area contributed by atoms with E-state index in [9.17, 15) is 4.79 Å². The number of halogens is 1. The lowest BCUT2D eigenvalue weighted by Gasteiger charge is -2.36. The molecule has 0 aliphatic carbocycles. The molecule has 21 heavy (non-hydrogen) atoms. The van der Waals surface area contributed by atoms with Gasteiger partial charge in [0.1, 0.15) is 0 Å². The van der Waals surface area contributed by atoms with Gasteiger partial charge in [0.2, 0.25) is 0 Å². The minimum Gasteiger partial charge on any atom is -0.371 e. The molecule has 2 fully saturated rings. The predicted octanol–water partition coefficient (Wildman–Crippen LogP) is 2.52. The van der Waals surface area contributed by atoms with E-state index in [1.54, 1.807) is 0 Å². The van der Waals surface area contributed by atoms with Gasteiger partial charge in [0.15, 0.2) is 0 Å². The van der Waals surface area contributed by atoms with E-state index in [0.717, 1.165) is 29.2 Å². The van der Waals surface area contributed by atoms with Crippen molar-refractivity contribution >= 4 is 27.5 Å². The molecule has 3 rings (SSSR count). The Kier molecular flexibility index (Phi) is 4.50. The first-order chi connectivity index (χ1) is 10.1. The molecular weight excluding hydrogens is 330 g/mol. The van der Waals surface area contributed by atoms with Crippen LogP contribution in [0.2, 0.25) is 0 Å². The van der Waals surface area contributed by atoms with Gasteiger partial charge in [0.05, 0.1) is 5.56 Å². The number of hydrogen-bond donors (Lipinski definition) is 2. The molecule has 0 bridgehead atoms. The Balaban J connectivity index is 1.70. The van der Waals surface area contributed by atoms with Crippen LogP contribution in [0.1, 0.15) is 36.0 Å². The lowest BCUT2D eigenvalue weighted by Crippen LogP contribution is -2.41. The molecule has 5 heteroatoms. The number of rotatable bonds is 3.